The van der Waals surface area contributed by atoms with Crippen molar-refractivity contribution < 1.29 is 20.0 Å². The molecule has 5 aliphatic rings. The van der Waals surface area contributed by atoms with Crippen LogP contribution >= 0.6 is 24.8 Å². The van der Waals surface area contributed by atoms with Crippen LogP contribution in [-0.4, -0.2) is 0 Å². The van der Waals surface area contributed by atoms with E-state index < -0.39 is 20.0 Å². The molecule has 0 nitrogen and oxygen atoms in total. The van der Waals surface area contributed by atoms with Crippen LogP contribution < -0.4 is 0 Å². The second-order valence-electron chi connectivity index (χ2n) is 15.6. The van der Waals surface area contributed by atoms with Crippen molar-refractivity contribution in [2.24, 2.45) is 11.8 Å². The average Bonchev–Trinajstić information content (AvgIpc) is 3.66. The van der Waals surface area contributed by atoms with Crippen molar-refractivity contribution in [2.75, 3.05) is 0 Å². The maximum absolute atomic E-state index is 3.00. The topological polar surface area (TPSA) is 0 Å². The zero-order chi connectivity index (χ0) is 31.5. The van der Waals surface area contributed by atoms with E-state index in [9.17, 15) is 0 Å². The number of aryl methyl sites for hydroxylation is 2. The van der Waals surface area contributed by atoms with Crippen molar-refractivity contribution in [2.45, 2.75) is 93.8 Å². The molecule has 3 fully saturated rings. The molecule has 2 unspecified atom stereocenters. The van der Waals surface area contributed by atoms with Crippen molar-refractivity contribution >= 4 is 37.0 Å². The van der Waals surface area contributed by atoms with Crippen LogP contribution in [0.4, 0.5) is 0 Å². The molecule has 254 valence electrons. The van der Waals surface area contributed by atoms with Gasteiger partial charge in [0, 0.05) is 0 Å². The van der Waals surface area contributed by atoms with Gasteiger partial charge in [0.15, 0.2) is 0 Å². The molecule has 0 radical (unpaired) electrons. The second kappa shape index (κ2) is 14.4. The molecule has 0 spiro atoms. The Morgan fingerprint density at radius 1 is 0.510 bits per heavy atom. The smallest absolute Gasteiger partial charge is 0.147 e. The van der Waals surface area contributed by atoms with Gasteiger partial charge in [0.25, 0.3) is 0 Å². The van der Waals surface area contributed by atoms with Crippen LogP contribution in [0.3, 0.4) is 0 Å². The molecular weight excluding hydrogens is 802 g/mol. The van der Waals surface area contributed by atoms with E-state index in [1.165, 1.54) is 84.7 Å². The molecule has 1 saturated heterocycles. The largest absolute Gasteiger partial charge is 0.147 e. The van der Waals surface area contributed by atoms with E-state index >= 15 is 0 Å². The molecule has 49 heavy (non-hydrogen) atoms. The number of hydrogen-bond donors (Lipinski definition) is 0. The summed E-state index contributed by atoms with van der Waals surface area (Å²) in [6.45, 7) is 4.53. The van der Waals surface area contributed by atoms with Crippen LogP contribution in [-0.2, 0) is 32.8 Å². The molecule has 1 aliphatic heterocycles. The van der Waals surface area contributed by atoms with Crippen molar-refractivity contribution in [3.8, 4) is 22.3 Å². The normalized spacial score (nSPS) is 22.2. The monoisotopic (exact) mass is 854 g/mol. The number of benzene rings is 4. The fourth-order valence-corrected chi connectivity index (χ4v) is 38.8. The zero-order valence-electron chi connectivity index (χ0n) is 29.3. The third-order valence-electron chi connectivity index (χ3n) is 13.2. The van der Waals surface area contributed by atoms with Crippen LogP contribution in [0.5, 0.6) is 0 Å². The Hall–Kier alpha value is -2.19. The van der Waals surface area contributed by atoms with Gasteiger partial charge in [-0.1, -0.05) is 0 Å². The molecule has 0 aromatic heterocycles. The SMILES string of the molecule is CCc1ccc(-c2cccc3c2C=C(C2CCCC2)[CH]3[Hf]2([CH]3C(C4CCCC4)=Cc4c(-c5ccc(CC)cc5)cccc43)[CH2][CH2]2)cc1.Cl.Cl. The number of fused-ring (bicyclic) bond motifs is 2. The van der Waals surface area contributed by atoms with Gasteiger partial charge in [0.2, 0.25) is 0 Å². The maximum atomic E-state index is 2.78. The van der Waals surface area contributed by atoms with Gasteiger partial charge in [-0.2, -0.15) is 0 Å². The Labute approximate surface area is 312 Å². The van der Waals surface area contributed by atoms with E-state index in [1.54, 1.807) is 30.6 Å². The van der Waals surface area contributed by atoms with Gasteiger partial charge in [-0.25, -0.2) is 0 Å². The van der Waals surface area contributed by atoms with Gasteiger partial charge in [0.05, 0.1) is 0 Å². The first-order valence-corrected chi connectivity index (χ1v) is 28.3. The van der Waals surface area contributed by atoms with E-state index in [0.717, 1.165) is 32.0 Å². The fraction of sp³-hybridized carbons (Fsp3) is 0.391. The second-order valence-corrected chi connectivity index (χ2v) is 32.2. The third kappa shape index (κ3) is 6.02. The van der Waals surface area contributed by atoms with E-state index in [1.807, 2.05) is 11.1 Å². The first kappa shape index (κ1) is 35.2. The Bertz CT molecular complexity index is 1730. The summed E-state index contributed by atoms with van der Waals surface area (Å²) in [5.74, 6) is 1.59. The molecule has 0 amide bonds. The summed E-state index contributed by atoms with van der Waals surface area (Å²) in [6.07, 6.45) is 19.1. The minimum Gasteiger partial charge on any atom is -0.147 e. The number of rotatable bonds is 8. The van der Waals surface area contributed by atoms with Crippen LogP contribution in [0.15, 0.2) is 96.1 Å². The predicted molar refractivity (Wildman–Crippen MR) is 212 cm³/mol. The average molecular weight is 854 g/mol. The van der Waals surface area contributed by atoms with Crippen LogP contribution in [0.2, 0.25) is 8.35 Å². The van der Waals surface area contributed by atoms with E-state index in [0.29, 0.717) is 0 Å². The molecule has 4 aromatic carbocycles. The van der Waals surface area contributed by atoms with Crippen molar-refractivity contribution in [3.63, 3.8) is 0 Å². The van der Waals surface area contributed by atoms with Gasteiger partial charge in [0.1, 0.15) is 0 Å². The summed E-state index contributed by atoms with van der Waals surface area (Å²) < 4.78 is 4.65. The Morgan fingerprint density at radius 3 is 1.24 bits per heavy atom. The van der Waals surface area contributed by atoms with Crippen LogP contribution in [0.25, 0.3) is 34.4 Å². The van der Waals surface area contributed by atoms with Gasteiger partial charge in [-0.3, -0.25) is 0 Å². The molecule has 0 N–H and O–H groups in total. The summed E-state index contributed by atoms with van der Waals surface area (Å²) >= 11 is -3.00. The van der Waals surface area contributed by atoms with Gasteiger partial charge in [-0.05, 0) is 0 Å². The Balaban J connectivity index is 0.00000189. The Morgan fingerprint density at radius 2 is 0.898 bits per heavy atom. The number of hydrogen-bond acceptors (Lipinski definition) is 0. The molecule has 1 heterocycles. The predicted octanol–water partition coefficient (Wildman–Crippen LogP) is 13.9. The molecule has 9 rings (SSSR count). The summed E-state index contributed by atoms with van der Waals surface area (Å²) in [5, 5.41) is 0. The molecule has 2 atom stereocenters. The van der Waals surface area contributed by atoms with Gasteiger partial charge < -0.3 is 0 Å². The zero-order valence-corrected chi connectivity index (χ0v) is 34.6. The molecule has 2 saturated carbocycles. The quantitative estimate of drug-likeness (QED) is 0.155. The van der Waals surface area contributed by atoms with Crippen molar-refractivity contribution in [3.05, 3.63) is 129 Å². The summed E-state index contributed by atoms with van der Waals surface area (Å²) in [4.78, 5) is 0. The minimum atomic E-state index is -3.00. The number of allylic oxidation sites excluding steroid dienone is 2. The van der Waals surface area contributed by atoms with Crippen LogP contribution in [0, 0.1) is 11.8 Å². The standard InChI is InChI=1S/2C22H23.C2H4.2ClH.Hf/c2*1-2-16-10-12-18(13-11-16)21-9-5-8-19-14-20(15-22(19)21)17-6-3-4-7-17;1-2;;;/h2*5,8-15,17H,2-4,6-7H2,1H3;1-2H2;2*1H;. The van der Waals surface area contributed by atoms with E-state index in [-0.39, 0.29) is 24.8 Å². The molecular formula is C46H52Cl2Hf. The van der Waals surface area contributed by atoms with Gasteiger partial charge >= 0.3 is 289 Å². The molecule has 4 aliphatic carbocycles. The minimum absolute atomic E-state index is 0. The van der Waals surface area contributed by atoms with E-state index in [2.05, 4.69) is 111 Å². The first-order chi connectivity index (χ1) is 23.2. The summed E-state index contributed by atoms with van der Waals surface area (Å²) in [6, 6.07) is 33.8. The maximum Gasteiger partial charge on any atom is -0.147 e. The fourth-order valence-electron chi connectivity index (χ4n) is 10.6. The van der Waals surface area contributed by atoms with Crippen LogP contribution in [0.1, 0.15) is 106 Å². The molecule has 4 aromatic rings. The van der Waals surface area contributed by atoms with Crippen molar-refractivity contribution in [1.29, 1.82) is 0 Å². The molecule has 0 bridgehead atoms. The third-order valence-corrected chi connectivity index (χ3v) is 32.0. The summed E-state index contributed by atoms with van der Waals surface area (Å²) in [7, 11) is 0. The van der Waals surface area contributed by atoms with Gasteiger partial charge in [-0.15, -0.1) is 24.8 Å². The van der Waals surface area contributed by atoms with Crippen molar-refractivity contribution in [1.82, 2.24) is 0 Å². The molecule has 3 heteroatoms. The Kier molecular flexibility index (Phi) is 10.4. The number of halogens is 2. The van der Waals surface area contributed by atoms with E-state index in [4.69, 9.17) is 0 Å². The first-order valence-electron chi connectivity index (χ1n) is 19.1. The summed E-state index contributed by atoms with van der Waals surface area (Å²) in [5.41, 5.74) is 19.0.